The number of amides is 2. The number of benzene rings is 2. The Balaban J connectivity index is 1.67. The van der Waals surface area contributed by atoms with Crippen LogP contribution in [0.1, 0.15) is 48.6 Å². The summed E-state index contributed by atoms with van der Waals surface area (Å²) >= 11 is 0. The predicted molar refractivity (Wildman–Crippen MR) is 89.9 cm³/mol. The minimum absolute atomic E-state index is 0.256. The second-order valence-electron chi connectivity index (χ2n) is 5.55. The molecule has 0 saturated heterocycles. The van der Waals surface area contributed by atoms with E-state index in [4.69, 9.17) is 0 Å². The number of hydrogen-bond donors (Lipinski definition) is 0. The first-order valence-electron chi connectivity index (χ1n) is 7.62. The Morgan fingerprint density at radius 3 is 2.33 bits per heavy atom. The highest BCUT2D eigenvalue weighted by molar-refractivity contribution is 6.21. The monoisotopic (exact) mass is 317 g/mol. The molecule has 0 radical (unpaired) electrons. The molecule has 0 saturated carbocycles. The van der Waals surface area contributed by atoms with Gasteiger partial charge in [0.2, 0.25) is 0 Å². The number of carbonyl (C=O) groups excluding carboxylic acids is 3. The molecular weight excluding hydrogens is 302 g/mol. The van der Waals surface area contributed by atoms with Crippen LogP contribution in [0.4, 0.5) is 0 Å². The molecule has 0 atom stereocenters. The van der Waals surface area contributed by atoms with Gasteiger partial charge in [0.15, 0.2) is 0 Å². The molecule has 24 heavy (non-hydrogen) atoms. The van der Waals surface area contributed by atoms with Crippen molar-refractivity contribution in [3.8, 4) is 11.8 Å². The maximum absolute atomic E-state index is 12.2. The molecule has 0 spiro atoms. The van der Waals surface area contributed by atoms with E-state index in [9.17, 15) is 14.4 Å². The zero-order valence-electron chi connectivity index (χ0n) is 13.2. The van der Waals surface area contributed by atoms with Gasteiger partial charge in [-0.05, 0) is 36.8 Å². The molecule has 0 aliphatic carbocycles. The number of carbonyl (C=O) groups is 3. The quantitative estimate of drug-likeness (QED) is 0.497. The summed E-state index contributed by atoms with van der Waals surface area (Å²) in [5.74, 6) is 5.38. The van der Waals surface area contributed by atoms with Gasteiger partial charge in [-0.15, -0.1) is 0 Å². The molecule has 4 heteroatoms. The van der Waals surface area contributed by atoms with Crippen LogP contribution in [0.2, 0.25) is 0 Å². The van der Waals surface area contributed by atoms with Gasteiger partial charge in [0.1, 0.15) is 6.29 Å². The zero-order valence-corrected chi connectivity index (χ0v) is 13.2. The molecule has 118 valence electrons. The molecule has 1 aliphatic rings. The first-order chi connectivity index (χ1) is 11.6. The smallest absolute Gasteiger partial charge is 0.261 e. The summed E-state index contributed by atoms with van der Waals surface area (Å²) < 4.78 is 0. The van der Waals surface area contributed by atoms with Crippen LogP contribution in [0.3, 0.4) is 0 Å². The van der Waals surface area contributed by atoms with Crippen molar-refractivity contribution in [2.45, 2.75) is 13.3 Å². The molecule has 3 rings (SSSR count). The average molecular weight is 317 g/mol. The van der Waals surface area contributed by atoms with E-state index in [2.05, 4.69) is 11.8 Å². The minimum atomic E-state index is -0.268. The zero-order chi connectivity index (χ0) is 17.1. The van der Waals surface area contributed by atoms with Crippen molar-refractivity contribution in [2.24, 2.45) is 0 Å². The molecule has 1 aliphatic heterocycles. The fraction of sp³-hybridized carbons (Fsp3) is 0.150. The van der Waals surface area contributed by atoms with Crippen LogP contribution in [0.5, 0.6) is 0 Å². The van der Waals surface area contributed by atoms with E-state index in [0.717, 1.165) is 17.4 Å². The van der Waals surface area contributed by atoms with Crippen molar-refractivity contribution in [1.82, 2.24) is 4.90 Å². The summed E-state index contributed by atoms with van der Waals surface area (Å²) in [6.45, 7) is 2.12. The maximum atomic E-state index is 12.2. The first-order valence-corrected chi connectivity index (χ1v) is 7.62. The van der Waals surface area contributed by atoms with Crippen molar-refractivity contribution in [3.05, 3.63) is 70.3 Å². The number of hydrogen-bond acceptors (Lipinski definition) is 3. The Labute approximate surface area is 140 Å². The lowest BCUT2D eigenvalue weighted by Crippen LogP contribution is -2.30. The van der Waals surface area contributed by atoms with Crippen molar-refractivity contribution in [1.29, 1.82) is 0 Å². The van der Waals surface area contributed by atoms with E-state index < -0.39 is 0 Å². The summed E-state index contributed by atoms with van der Waals surface area (Å²) in [5, 5.41) is 0. The lowest BCUT2D eigenvalue weighted by molar-refractivity contribution is 0.0657. The maximum Gasteiger partial charge on any atom is 0.261 e. The molecule has 4 nitrogen and oxygen atoms in total. The van der Waals surface area contributed by atoms with E-state index in [-0.39, 0.29) is 18.4 Å². The Bertz CT molecular complexity index is 868. The second-order valence-corrected chi connectivity index (χ2v) is 5.55. The Morgan fingerprint density at radius 1 is 1.04 bits per heavy atom. The molecule has 0 unspecified atom stereocenters. The van der Waals surface area contributed by atoms with Crippen LogP contribution in [0, 0.1) is 18.8 Å². The normalized spacial score (nSPS) is 12.6. The van der Waals surface area contributed by atoms with E-state index in [1.807, 2.05) is 19.1 Å². The van der Waals surface area contributed by atoms with Crippen LogP contribution >= 0.6 is 0 Å². The number of nitrogens with zero attached hydrogens (tertiary/aromatic N) is 1. The van der Waals surface area contributed by atoms with Gasteiger partial charge in [-0.25, -0.2) is 0 Å². The van der Waals surface area contributed by atoms with Crippen molar-refractivity contribution < 1.29 is 14.4 Å². The summed E-state index contributed by atoms with van der Waals surface area (Å²) in [5.41, 5.74) is 3.16. The number of aryl methyl sites for hydroxylation is 1. The van der Waals surface area contributed by atoms with Gasteiger partial charge in [0, 0.05) is 24.1 Å². The number of rotatable bonds is 3. The van der Waals surface area contributed by atoms with Gasteiger partial charge >= 0.3 is 0 Å². The third-order valence-electron chi connectivity index (χ3n) is 3.98. The van der Waals surface area contributed by atoms with Gasteiger partial charge in [0.05, 0.1) is 11.1 Å². The molecule has 0 fully saturated rings. The Hall–Kier alpha value is -3.19. The highest BCUT2D eigenvalue weighted by atomic mass is 16.2. The van der Waals surface area contributed by atoms with Gasteiger partial charge < -0.3 is 0 Å². The summed E-state index contributed by atoms with van der Waals surface area (Å²) in [4.78, 5) is 36.6. The van der Waals surface area contributed by atoms with Gasteiger partial charge in [0.25, 0.3) is 11.8 Å². The predicted octanol–water partition coefficient (Wildman–Crippen LogP) is 2.85. The second kappa shape index (κ2) is 6.51. The van der Waals surface area contributed by atoms with E-state index in [1.54, 1.807) is 30.3 Å². The summed E-state index contributed by atoms with van der Waals surface area (Å²) in [7, 11) is 0. The topological polar surface area (TPSA) is 54.5 Å². The lowest BCUT2D eigenvalue weighted by Gasteiger charge is -2.11. The Kier molecular flexibility index (Phi) is 4.26. The van der Waals surface area contributed by atoms with Crippen LogP contribution < -0.4 is 0 Å². The number of fused-ring (bicyclic) bond motifs is 1. The van der Waals surface area contributed by atoms with E-state index in [0.29, 0.717) is 23.1 Å². The SMILES string of the molecule is Cc1ccc(C#CCCN2C(=O)c3ccccc3C2=O)cc1C=O. The fourth-order valence-corrected chi connectivity index (χ4v) is 2.62. The Morgan fingerprint density at radius 2 is 1.71 bits per heavy atom. The molecule has 0 bridgehead atoms. The van der Waals surface area contributed by atoms with Gasteiger partial charge in [-0.2, -0.15) is 0 Å². The van der Waals surface area contributed by atoms with Crippen LogP contribution in [0.15, 0.2) is 42.5 Å². The van der Waals surface area contributed by atoms with Crippen molar-refractivity contribution in [2.75, 3.05) is 6.54 Å². The highest BCUT2D eigenvalue weighted by Gasteiger charge is 2.34. The molecular formula is C20H15NO3. The molecule has 1 heterocycles. The third-order valence-corrected chi connectivity index (χ3v) is 3.98. The average Bonchev–Trinajstić information content (AvgIpc) is 2.85. The summed E-state index contributed by atoms with van der Waals surface area (Å²) in [6, 6.07) is 12.2. The van der Waals surface area contributed by atoms with Crippen LogP contribution in [-0.2, 0) is 0 Å². The third kappa shape index (κ3) is 2.84. The van der Waals surface area contributed by atoms with Crippen LogP contribution in [-0.4, -0.2) is 29.5 Å². The van der Waals surface area contributed by atoms with Crippen molar-refractivity contribution >= 4 is 18.1 Å². The van der Waals surface area contributed by atoms with Gasteiger partial charge in [-0.1, -0.05) is 30.0 Å². The number of imide groups is 1. The highest BCUT2D eigenvalue weighted by Crippen LogP contribution is 2.22. The van der Waals surface area contributed by atoms with Crippen molar-refractivity contribution in [3.63, 3.8) is 0 Å². The number of aldehydes is 1. The van der Waals surface area contributed by atoms with E-state index >= 15 is 0 Å². The minimum Gasteiger partial charge on any atom is -0.298 e. The van der Waals surface area contributed by atoms with Crippen LogP contribution in [0.25, 0.3) is 0 Å². The molecule has 2 aromatic rings. The standard InChI is InChI=1S/C20H15NO3/c1-14-9-10-15(12-16(14)13-22)6-4-5-11-21-19(23)17-7-2-3-8-18(17)20(21)24/h2-3,7-10,12-13H,5,11H2,1H3. The molecule has 0 N–H and O–H groups in total. The molecule has 0 aromatic heterocycles. The van der Waals surface area contributed by atoms with Gasteiger partial charge in [-0.3, -0.25) is 19.3 Å². The lowest BCUT2D eigenvalue weighted by atomic mass is 10.1. The summed E-state index contributed by atoms with van der Waals surface area (Å²) in [6.07, 6.45) is 1.19. The fourth-order valence-electron chi connectivity index (χ4n) is 2.62. The van der Waals surface area contributed by atoms with E-state index in [1.165, 1.54) is 4.90 Å². The molecule has 2 amide bonds. The molecule has 2 aromatic carbocycles. The largest absolute Gasteiger partial charge is 0.298 e. The first kappa shape index (κ1) is 15.7.